The molecule has 4 nitrogen and oxygen atoms in total. The third-order valence-electron chi connectivity index (χ3n) is 4.46. The van der Waals surface area contributed by atoms with Crippen LogP contribution in [0.3, 0.4) is 0 Å². The second kappa shape index (κ2) is 6.87. The second-order valence-electron chi connectivity index (χ2n) is 6.48. The second-order valence-corrected chi connectivity index (χ2v) is 6.48. The molecule has 124 valence electrons. The molecule has 0 saturated carbocycles. The van der Waals surface area contributed by atoms with Gasteiger partial charge in [-0.25, -0.2) is 0 Å². The molecule has 0 fully saturated rings. The molecule has 0 unspecified atom stereocenters. The van der Waals surface area contributed by atoms with E-state index in [2.05, 4.69) is 29.7 Å². The highest BCUT2D eigenvalue weighted by atomic mass is 16.2. The number of carbonyl (C=O) groups excluding carboxylic acids is 2. The van der Waals surface area contributed by atoms with Gasteiger partial charge in [0.1, 0.15) is 0 Å². The highest BCUT2D eigenvalue weighted by molar-refractivity contribution is 5.88. The molecular weight excluding hydrogens is 300 g/mol. The van der Waals surface area contributed by atoms with Crippen LogP contribution in [0.25, 0.3) is 0 Å². The van der Waals surface area contributed by atoms with Crippen molar-refractivity contribution in [2.24, 2.45) is 5.92 Å². The smallest absolute Gasteiger partial charge is 0.224 e. The molecule has 2 aromatic rings. The Morgan fingerprint density at radius 3 is 2.50 bits per heavy atom. The summed E-state index contributed by atoms with van der Waals surface area (Å²) in [5.41, 5.74) is 4.24. The lowest BCUT2D eigenvalue weighted by atomic mass is 10.0. The highest BCUT2D eigenvalue weighted by Crippen LogP contribution is 2.35. The first kappa shape index (κ1) is 16.2. The van der Waals surface area contributed by atoms with E-state index in [-0.39, 0.29) is 17.9 Å². The molecule has 2 atom stereocenters. The van der Waals surface area contributed by atoms with Gasteiger partial charge in [-0.3, -0.25) is 9.59 Å². The fourth-order valence-electron chi connectivity index (χ4n) is 3.33. The fourth-order valence-corrected chi connectivity index (χ4v) is 3.33. The van der Waals surface area contributed by atoms with Gasteiger partial charge in [0.25, 0.3) is 0 Å². The average molecular weight is 322 g/mol. The van der Waals surface area contributed by atoms with E-state index in [0.29, 0.717) is 12.3 Å². The van der Waals surface area contributed by atoms with Crippen LogP contribution in [-0.4, -0.2) is 11.8 Å². The van der Waals surface area contributed by atoms with Gasteiger partial charge in [-0.05, 0) is 41.2 Å². The largest absolute Gasteiger partial charge is 0.349 e. The summed E-state index contributed by atoms with van der Waals surface area (Å²) in [6.07, 6.45) is 1.35. The standard InChI is InChI=1S/C20H22N2O2/c1-13-11-16-5-3-4-6-18(16)20(13)22-19(24)12-15-7-9-17(10-8-15)21-14(2)23/h3-10,13,20H,11-12H2,1-2H3,(H,21,23)(H,22,24)/t13-,20-/m0/s1. The van der Waals surface area contributed by atoms with Gasteiger partial charge in [0.2, 0.25) is 11.8 Å². The molecule has 2 aromatic carbocycles. The number of amides is 2. The summed E-state index contributed by atoms with van der Waals surface area (Å²) >= 11 is 0. The zero-order valence-corrected chi connectivity index (χ0v) is 14.0. The van der Waals surface area contributed by atoms with Crippen molar-refractivity contribution in [3.63, 3.8) is 0 Å². The van der Waals surface area contributed by atoms with Crippen LogP contribution in [-0.2, 0) is 22.4 Å². The Hall–Kier alpha value is -2.62. The van der Waals surface area contributed by atoms with Crippen LogP contribution >= 0.6 is 0 Å². The average Bonchev–Trinajstić information content (AvgIpc) is 2.85. The number of rotatable bonds is 4. The predicted octanol–water partition coefficient (Wildman–Crippen LogP) is 3.24. The summed E-state index contributed by atoms with van der Waals surface area (Å²) in [6, 6.07) is 15.8. The lowest BCUT2D eigenvalue weighted by Gasteiger charge is -2.19. The first-order valence-electron chi connectivity index (χ1n) is 8.26. The number of nitrogens with one attached hydrogen (secondary N) is 2. The fraction of sp³-hybridized carbons (Fsp3) is 0.300. The Morgan fingerprint density at radius 2 is 1.79 bits per heavy atom. The van der Waals surface area contributed by atoms with Crippen molar-refractivity contribution in [3.8, 4) is 0 Å². The summed E-state index contributed by atoms with van der Waals surface area (Å²) in [6.45, 7) is 3.65. The van der Waals surface area contributed by atoms with Crippen LogP contribution < -0.4 is 10.6 Å². The van der Waals surface area contributed by atoms with Crippen LogP contribution in [0.15, 0.2) is 48.5 Å². The number of anilines is 1. The van der Waals surface area contributed by atoms with Crippen LogP contribution in [0.1, 0.15) is 36.6 Å². The maximum Gasteiger partial charge on any atom is 0.224 e. The molecule has 1 aliphatic rings. The molecular formula is C20H22N2O2. The Morgan fingerprint density at radius 1 is 1.08 bits per heavy atom. The van der Waals surface area contributed by atoms with Gasteiger partial charge in [0.15, 0.2) is 0 Å². The number of benzene rings is 2. The molecule has 0 aromatic heterocycles. The number of carbonyl (C=O) groups is 2. The minimum absolute atomic E-state index is 0.0239. The van der Waals surface area contributed by atoms with E-state index >= 15 is 0 Å². The third kappa shape index (κ3) is 3.65. The molecule has 0 bridgehead atoms. The molecule has 0 saturated heterocycles. The van der Waals surface area contributed by atoms with Crippen molar-refractivity contribution >= 4 is 17.5 Å². The maximum absolute atomic E-state index is 12.4. The number of hydrogen-bond donors (Lipinski definition) is 2. The quantitative estimate of drug-likeness (QED) is 0.908. The van der Waals surface area contributed by atoms with Crippen LogP contribution in [0.5, 0.6) is 0 Å². The predicted molar refractivity (Wildman–Crippen MR) is 94.6 cm³/mol. The summed E-state index contributed by atoms with van der Waals surface area (Å²) in [5.74, 6) is 0.332. The molecule has 0 radical (unpaired) electrons. The first-order chi connectivity index (χ1) is 11.5. The third-order valence-corrected chi connectivity index (χ3v) is 4.46. The van der Waals surface area contributed by atoms with Gasteiger partial charge < -0.3 is 10.6 Å². The Kier molecular flexibility index (Phi) is 4.65. The highest BCUT2D eigenvalue weighted by Gasteiger charge is 2.29. The lowest BCUT2D eigenvalue weighted by molar-refractivity contribution is -0.121. The maximum atomic E-state index is 12.4. The van der Waals surface area contributed by atoms with E-state index < -0.39 is 0 Å². The zero-order chi connectivity index (χ0) is 17.1. The van der Waals surface area contributed by atoms with Crippen molar-refractivity contribution in [2.45, 2.75) is 32.7 Å². The SMILES string of the molecule is CC(=O)Nc1ccc(CC(=O)N[C@@H]2c3ccccc3C[C@@H]2C)cc1. The van der Waals surface area contributed by atoms with Gasteiger partial charge in [-0.2, -0.15) is 0 Å². The van der Waals surface area contributed by atoms with E-state index in [0.717, 1.165) is 17.7 Å². The topological polar surface area (TPSA) is 58.2 Å². The summed E-state index contributed by atoms with van der Waals surface area (Å²) < 4.78 is 0. The molecule has 1 aliphatic carbocycles. The van der Waals surface area contributed by atoms with E-state index in [1.54, 1.807) is 0 Å². The van der Waals surface area contributed by atoms with Gasteiger partial charge >= 0.3 is 0 Å². The van der Waals surface area contributed by atoms with Gasteiger partial charge in [0.05, 0.1) is 12.5 Å². The molecule has 3 rings (SSSR count). The minimum atomic E-state index is -0.102. The summed E-state index contributed by atoms with van der Waals surface area (Å²) in [5, 5.41) is 5.89. The number of fused-ring (bicyclic) bond motifs is 1. The Balaban J connectivity index is 1.63. The molecule has 0 spiro atoms. The first-order valence-corrected chi connectivity index (χ1v) is 8.26. The monoisotopic (exact) mass is 322 g/mol. The van der Waals surface area contributed by atoms with Crippen molar-refractivity contribution in [1.29, 1.82) is 0 Å². The molecule has 4 heteroatoms. The molecule has 0 aliphatic heterocycles. The Labute approximate surface area is 142 Å². The van der Waals surface area contributed by atoms with E-state index in [1.807, 2.05) is 36.4 Å². The van der Waals surface area contributed by atoms with Gasteiger partial charge in [0, 0.05) is 12.6 Å². The van der Waals surface area contributed by atoms with Crippen LogP contribution in [0.4, 0.5) is 5.69 Å². The number of hydrogen-bond acceptors (Lipinski definition) is 2. The van der Waals surface area contributed by atoms with E-state index in [4.69, 9.17) is 0 Å². The molecule has 0 heterocycles. The summed E-state index contributed by atoms with van der Waals surface area (Å²) in [4.78, 5) is 23.4. The van der Waals surface area contributed by atoms with Crippen LogP contribution in [0.2, 0.25) is 0 Å². The van der Waals surface area contributed by atoms with Crippen LogP contribution in [0, 0.1) is 5.92 Å². The van der Waals surface area contributed by atoms with Crippen molar-refractivity contribution in [3.05, 3.63) is 65.2 Å². The van der Waals surface area contributed by atoms with E-state index in [9.17, 15) is 9.59 Å². The molecule has 2 N–H and O–H groups in total. The lowest BCUT2D eigenvalue weighted by Crippen LogP contribution is -2.31. The normalized spacial score (nSPS) is 18.8. The van der Waals surface area contributed by atoms with Gasteiger partial charge in [-0.1, -0.05) is 43.3 Å². The minimum Gasteiger partial charge on any atom is -0.349 e. The Bertz CT molecular complexity index is 752. The van der Waals surface area contributed by atoms with Gasteiger partial charge in [-0.15, -0.1) is 0 Å². The molecule has 24 heavy (non-hydrogen) atoms. The van der Waals surface area contributed by atoms with Crippen molar-refractivity contribution in [1.82, 2.24) is 5.32 Å². The summed E-state index contributed by atoms with van der Waals surface area (Å²) in [7, 11) is 0. The molecule has 2 amide bonds. The van der Waals surface area contributed by atoms with Crippen molar-refractivity contribution < 1.29 is 9.59 Å². The zero-order valence-electron chi connectivity index (χ0n) is 14.0. The van der Waals surface area contributed by atoms with E-state index in [1.165, 1.54) is 18.1 Å². The van der Waals surface area contributed by atoms with Crippen molar-refractivity contribution in [2.75, 3.05) is 5.32 Å².